The first-order valence-corrected chi connectivity index (χ1v) is 10.6. The standard InChI is InChI=1S/C16H32O2.C5H12O4/c1-4-6-8-9-10-11-12-14-16(17)18-15(3)13-7-5-2;6-1-5(2-7,3-8)4-9/h15H,4-14H2,1-3H3;6-9H,1-4H2. The zero-order valence-electron chi connectivity index (χ0n) is 17.8. The number of aliphatic hydroxyl groups excluding tert-OH is 4. The number of esters is 1. The van der Waals surface area contributed by atoms with Crippen LogP contribution in [-0.4, -0.2) is 58.9 Å². The summed E-state index contributed by atoms with van der Waals surface area (Å²) in [5.41, 5.74) is -1.11. The first-order valence-electron chi connectivity index (χ1n) is 10.6. The second-order valence-corrected chi connectivity index (χ2v) is 7.45. The SMILES string of the molecule is CCCCCCCCCC(=O)OC(C)CCCC.OCC(CO)(CO)CO. The zero-order valence-corrected chi connectivity index (χ0v) is 17.8. The number of carbonyl (C=O) groups excluding carboxylic acids is 1. The summed E-state index contributed by atoms with van der Waals surface area (Å²) in [5.74, 6) is -0.00726. The summed E-state index contributed by atoms with van der Waals surface area (Å²) >= 11 is 0. The van der Waals surface area contributed by atoms with E-state index in [1.54, 1.807) is 0 Å². The third kappa shape index (κ3) is 17.2. The molecule has 0 saturated carbocycles. The topological polar surface area (TPSA) is 107 Å². The van der Waals surface area contributed by atoms with Gasteiger partial charge < -0.3 is 25.2 Å². The molecule has 27 heavy (non-hydrogen) atoms. The molecule has 6 nitrogen and oxygen atoms in total. The molecule has 0 aromatic carbocycles. The van der Waals surface area contributed by atoms with E-state index in [1.807, 2.05) is 6.92 Å². The van der Waals surface area contributed by atoms with Crippen molar-refractivity contribution in [2.45, 2.75) is 97.5 Å². The van der Waals surface area contributed by atoms with E-state index in [9.17, 15) is 4.79 Å². The maximum absolute atomic E-state index is 11.5. The monoisotopic (exact) mass is 392 g/mol. The molecule has 0 spiro atoms. The summed E-state index contributed by atoms with van der Waals surface area (Å²) in [6.45, 7) is 4.76. The minimum absolute atomic E-state index is 0.00726. The molecule has 0 rings (SSSR count). The number of unbranched alkanes of at least 4 members (excludes halogenated alkanes) is 7. The van der Waals surface area contributed by atoms with E-state index in [0.717, 1.165) is 19.3 Å². The Labute approximate surface area is 165 Å². The van der Waals surface area contributed by atoms with Crippen LogP contribution in [0.5, 0.6) is 0 Å². The van der Waals surface area contributed by atoms with Crippen LogP contribution in [0.4, 0.5) is 0 Å². The predicted octanol–water partition coefficient (Wildman–Crippen LogP) is 3.19. The Morgan fingerprint density at radius 2 is 1.22 bits per heavy atom. The fourth-order valence-electron chi connectivity index (χ4n) is 2.36. The highest BCUT2D eigenvalue weighted by Gasteiger charge is 2.26. The van der Waals surface area contributed by atoms with E-state index in [2.05, 4.69) is 13.8 Å². The third-order valence-electron chi connectivity index (χ3n) is 4.62. The maximum atomic E-state index is 11.5. The molecule has 0 heterocycles. The van der Waals surface area contributed by atoms with Gasteiger partial charge in [0.1, 0.15) is 0 Å². The van der Waals surface area contributed by atoms with Crippen LogP contribution < -0.4 is 0 Å². The number of rotatable bonds is 16. The van der Waals surface area contributed by atoms with Crippen molar-refractivity contribution >= 4 is 5.97 Å². The molecule has 0 fully saturated rings. The Morgan fingerprint density at radius 1 is 0.778 bits per heavy atom. The largest absolute Gasteiger partial charge is 0.463 e. The van der Waals surface area contributed by atoms with Crippen LogP contribution in [0.2, 0.25) is 0 Å². The summed E-state index contributed by atoms with van der Waals surface area (Å²) in [5, 5.41) is 34.0. The fraction of sp³-hybridized carbons (Fsp3) is 0.952. The molecular formula is C21H44O6. The average Bonchev–Trinajstić information content (AvgIpc) is 2.68. The minimum Gasteiger partial charge on any atom is -0.463 e. The van der Waals surface area contributed by atoms with Gasteiger partial charge in [0.25, 0.3) is 0 Å². The summed E-state index contributed by atoms with van der Waals surface area (Å²) in [4.78, 5) is 11.5. The smallest absolute Gasteiger partial charge is 0.306 e. The van der Waals surface area contributed by atoms with Gasteiger partial charge >= 0.3 is 5.97 Å². The lowest BCUT2D eigenvalue weighted by Gasteiger charge is -2.23. The third-order valence-corrected chi connectivity index (χ3v) is 4.62. The summed E-state index contributed by atoms with van der Waals surface area (Å²) in [7, 11) is 0. The number of hydrogen-bond acceptors (Lipinski definition) is 6. The van der Waals surface area contributed by atoms with Crippen LogP contribution in [0.3, 0.4) is 0 Å². The van der Waals surface area contributed by atoms with Crippen LogP contribution >= 0.6 is 0 Å². The molecule has 0 saturated heterocycles. The van der Waals surface area contributed by atoms with Gasteiger partial charge in [0.2, 0.25) is 0 Å². The van der Waals surface area contributed by atoms with Crippen molar-refractivity contribution in [3.8, 4) is 0 Å². The highest BCUT2D eigenvalue weighted by molar-refractivity contribution is 5.69. The van der Waals surface area contributed by atoms with E-state index in [0.29, 0.717) is 6.42 Å². The van der Waals surface area contributed by atoms with E-state index in [4.69, 9.17) is 25.2 Å². The molecule has 0 aromatic heterocycles. The van der Waals surface area contributed by atoms with Crippen LogP contribution in [0.25, 0.3) is 0 Å². The number of ether oxygens (including phenoxy) is 1. The van der Waals surface area contributed by atoms with Gasteiger partial charge in [0, 0.05) is 6.42 Å². The number of aliphatic hydroxyl groups is 4. The molecule has 4 N–H and O–H groups in total. The molecule has 1 atom stereocenters. The number of hydrogen-bond donors (Lipinski definition) is 4. The molecule has 6 heteroatoms. The summed E-state index contributed by atoms with van der Waals surface area (Å²) in [6, 6.07) is 0. The van der Waals surface area contributed by atoms with Crippen LogP contribution in [0.15, 0.2) is 0 Å². The van der Waals surface area contributed by atoms with E-state index >= 15 is 0 Å². The Balaban J connectivity index is 0. The molecule has 0 bridgehead atoms. The Hall–Kier alpha value is -0.690. The van der Waals surface area contributed by atoms with Crippen LogP contribution in [0.1, 0.15) is 91.4 Å². The molecule has 1 unspecified atom stereocenters. The van der Waals surface area contributed by atoms with E-state index in [1.165, 1.54) is 44.9 Å². The first kappa shape index (κ1) is 28.5. The normalized spacial score (nSPS) is 12.3. The van der Waals surface area contributed by atoms with Crippen molar-refractivity contribution < 1.29 is 30.0 Å². The highest BCUT2D eigenvalue weighted by Crippen LogP contribution is 2.12. The van der Waals surface area contributed by atoms with Crippen molar-refractivity contribution in [2.24, 2.45) is 5.41 Å². The molecule has 0 radical (unpaired) electrons. The second kappa shape index (κ2) is 20.1. The van der Waals surface area contributed by atoms with Gasteiger partial charge in [0.05, 0.1) is 37.9 Å². The second-order valence-electron chi connectivity index (χ2n) is 7.45. The van der Waals surface area contributed by atoms with Crippen molar-refractivity contribution in [1.82, 2.24) is 0 Å². The van der Waals surface area contributed by atoms with Gasteiger partial charge in [-0.25, -0.2) is 0 Å². The van der Waals surface area contributed by atoms with Gasteiger partial charge in [-0.1, -0.05) is 65.2 Å². The highest BCUT2D eigenvalue weighted by atomic mass is 16.5. The Morgan fingerprint density at radius 3 is 1.63 bits per heavy atom. The average molecular weight is 393 g/mol. The molecule has 0 aliphatic rings. The lowest BCUT2D eigenvalue weighted by atomic mass is 9.93. The molecule has 0 aromatic rings. The number of carbonyl (C=O) groups is 1. The fourth-order valence-corrected chi connectivity index (χ4v) is 2.36. The summed E-state index contributed by atoms with van der Waals surface area (Å²) in [6.07, 6.45) is 12.7. The van der Waals surface area contributed by atoms with Gasteiger partial charge in [-0.2, -0.15) is 0 Å². The lowest BCUT2D eigenvalue weighted by Crippen LogP contribution is -2.37. The van der Waals surface area contributed by atoms with Crippen LogP contribution in [-0.2, 0) is 9.53 Å². The molecule has 164 valence electrons. The van der Waals surface area contributed by atoms with Crippen molar-refractivity contribution in [2.75, 3.05) is 26.4 Å². The minimum atomic E-state index is -1.11. The molecule has 0 amide bonds. The van der Waals surface area contributed by atoms with E-state index in [-0.39, 0.29) is 12.1 Å². The molecular weight excluding hydrogens is 348 g/mol. The van der Waals surface area contributed by atoms with Crippen LogP contribution in [0, 0.1) is 5.41 Å². The van der Waals surface area contributed by atoms with Gasteiger partial charge in [-0.3, -0.25) is 4.79 Å². The predicted molar refractivity (Wildman–Crippen MR) is 108 cm³/mol. The molecule has 0 aliphatic heterocycles. The lowest BCUT2D eigenvalue weighted by molar-refractivity contribution is -0.148. The molecule has 0 aliphatic carbocycles. The van der Waals surface area contributed by atoms with Crippen molar-refractivity contribution in [3.05, 3.63) is 0 Å². The first-order chi connectivity index (χ1) is 12.9. The van der Waals surface area contributed by atoms with Crippen molar-refractivity contribution in [3.63, 3.8) is 0 Å². The van der Waals surface area contributed by atoms with Crippen molar-refractivity contribution in [1.29, 1.82) is 0 Å². The zero-order chi connectivity index (χ0) is 21.0. The maximum Gasteiger partial charge on any atom is 0.306 e. The summed E-state index contributed by atoms with van der Waals surface area (Å²) < 4.78 is 5.36. The Bertz CT molecular complexity index is 300. The van der Waals surface area contributed by atoms with Gasteiger partial charge in [0.15, 0.2) is 0 Å². The van der Waals surface area contributed by atoms with E-state index < -0.39 is 31.8 Å². The Kier molecular flexibility index (Phi) is 21.2. The van der Waals surface area contributed by atoms with Gasteiger partial charge in [-0.15, -0.1) is 0 Å². The van der Waals surface area contributed by atoms with Gasteiger partial charge in [-0.05, 0) is 19.8 Å². The quantitative estimate of drug-likeness (QED) is 0.237.